The number of likely N-dealkylation sites (tertiary alicyclic amines) is 1. The second kappa shape index (κ2) is 6.86. The van der Waals surface area contributed by atoms with Gasteiger partial charge in [0, 0.05) is 24.9 Å². The highest BCUT2D eigenvalue weighted by Gasteiger charge is 2.34. The van der Waals surface area contributed by atoms with Crippen LogP contribution >= 0.6 is 11.3 Å². The van der Waals surface area contributed by atoms with Crippen LogP contribution in [0.5, 0.6) is 0 Å². The van der Waals surface area contributed by atoms with E-state index >= 15 is 0 Å². The van der Waals surface area contributed by atoms with E-state index in [0.29, 0.717) is 17.7 Å². The zero-order valence-corrected chi connectivity index (χ0v) is 13.0. The molecule has 0 radical (unpaired) electrons. The van der Waals surface area contributed by atoms with Crippen LogP contribution in [-0.2, 0) is 11.2 Å². The fraction of sp³-hybridized carbons (Fsp3) is 0.706. The first-order valence-electron chi connectivity index (χ1n) is 8.12. The summed E-state index contributed by atoms with van der Waals surface area (Å²) in [7, 11) is 0. The lowest BCUT2D eigenvalue weighted by Gasteiger charge is -2.41. The highest BCUT2D eigenvalue weighted by molar-refractivity contribution is 7.07. The van der Waals surface area contributed by atoms with E-state index in [0.717, 1.165) is 32.2 Å². The van der Waals surface area contributed by atoms with Gasteiger partial charge in [-0.1, -0.05) is 12.8 Å². The van der Waals surface area contributed by atoms with Crippen molar-refractivity contribution in [3.63, 3.8) is 0 Å². The van der Waals surface area contributed by atoms with Gasteiger partial charge in [-0.05, 0) is 61.0 Å². The Labute approximate surface area is 126 Å². The Morgan fingerprint density at radius 3 is 2.90 bits per heavy atom. The van der Waals surface area contributed by atoms with Crippen molar-refractivity contribution in [1.82, 2.24) is 4.90 Å². The van der Waals surface area contributed by atoms with Gasteiger partial charge < -0.3 is 0 Å². The topological polar surface area (TPSA) is 20.3 Å². The maximum Gasteiger partial charge on any atom is 0.137 e. The molecule has 1 aromatic heterocycles. The summed E-state index contributed by atoms with van der Waals surface area (Å²) in [5, 5.41) is 4.42. The number of Topliss-reactive ketones (excluding diaryl/α,β-unsaturated/α-hetero) is 1. The Morgan fingerprint density at radius 2 is 2.10 bits per heavy atom. The van der Waals surface area contributed by atoms with Crippen molar-refractivity contribution in [1.29, 1.82) is 0 Å². The fourth-order valence-corrected chi connectivity index (χ4v) is 4.58. The summed E-state index contributed by atoms with van der Waals surface area (Å²) < 4.78 is 0. The Balaban J connectivity index is 1.62. The second-order valence-corrected chi connectivity index (χ2v) is 7.08. The molecule has 0 N–H and O–H groups in total. The van der Waals surface area contributed by atoms with E-state index < -0.39 is 0 Å². The van der Waals surface area contributed by atoms with Gasteiger partial charge in [-0.2, -0.15) is 11.3 Å². The summed E-state index contributed by atoms with van der Waals surface area (Å²) in [5.74, 6) is 0.884. The molecule has 3 rings (SSSR count). The van der Waals surface area contributed by atoms with Crippen LogP contribution in [0.3, 0.4) is 0 Å². The van der Waals surface area contributed by atoms with E-state index in [1.165, 1.54) is 37.8 Å². The van der Waals surface area contributed by atoms with Crippen molar-refractivity contribution in [2.75, 3.05) is 13.1 Å². The number of thiophene rings is 1. The standard InChI is InChI=1S/C17H25NOS/c19-17-7-2-1-5-15(17)16-6-3-4-10-18(16)11-8-14-9-12-20-13-14/h9,12-13,15-16H,1-8,10-11H2. The molecule has 20 heavy (non-hydrogen) atoms. The molecule has 1 aromatic rings. The van der Waals surface area contributed by atoms with Gasteiger partial charge in [0.1, 0.15) is 5.78 Å². The molecule has 1 saturated carbocycles. The van der Waals surface area contributed by atoms with Crippen LogP contribution in [0.2, 0.25) is 0 Å². The van der Waals surface area contributed by atoms with E-state index in [-0.39, 0.29) is 0 Å². The SMILES string of the molecule is O=C1CCCCC1C1CCCCN1CCc1ccsc1. The Morgan fingerprint density at radius 1 is 1.20 bits per heavy atom. The molecule has 2 aliphatic rings. The van der Waals surface area contributed by atoms with Crippen molar-refractivity contribution in [3.05, 3.63) is 22.4 Å². The highest BCUT2D eigenvalue weighted by atomic mass is 32.1. The lowest BCUT2D eigenvalue weighted by atomic mass is 9.79. The van der Waals surface area contributed by atoms with E-state index in [1.54, 1.807) is 11.3 Å². The summed E-state index contributed by atoms with van der Waals surface area (Å²) in [5.41, 5.74) is 1.45. The molecule has 1 saturated heterocycles. The summed E-state index contributed by atoms with van der Waals surface area (Å²) >= 11 is 1.78. The van der Waals surface area contributed by atoms with Crippen LogP contribution in [0.15, 0.2) is 16.8 Å². The normalized spacial score (nSPS) is 28.7. The van der Waals surface area contributed by atoms with Gasteiger partial charge in [0.15, 0.2) is 0 Å². The zero-order chi connectivity index (χ0) is 13.8. The zero-order valence-electron chi connectivity index (χ0n) is 12.2. The summed E-state index contributed by atoms with van der Waals surface area (Å²) in [4.78, 5) is 14.9. The Hall–Kier alpha value is -0.670. The van der Waals surface area contributed by atoms with Crippen LogP contribution in [0.25, 0.3) is 0 Å². The molecule has 2 nitrogen and oxygen atoms in total. The predicted molar refractivity (Wildman–Crippen MR) is 84.2 cm³/mol. The van der Waals surface area contributed by atoms with Crippen molar-refractivity contribution < 1.29 is 4.79 Å². The first kappa shape index (κ1) is 14.3. The van der Waals surface area contributed by atoms with E-state index in [9.17, 15) is 4.79 Å². The lowest BCUT2D eigenvalue weighted by Crippen LogP contribution is -2.48. The first-order chi connectivity index (χ1) is 9.84. The quantitative estimate of drug-likeness (QED) is 0.838. The van der Waals surface area contributed by atoms with Gasteiger partial charge in [0.05, 0.1) is 0 Å². The number of carbonyl (C=O) groups is 1. The van der Waals surface area contributed by atoms with Crippen LogP contribution in [0, 0.1) is 5.92 Å². The molecule has 110 valence electrons. The second-order valence-electron chi connectivity index (χ2n) is 6.30. The van der Waals surface area contributed by atoms with E-state index in [4.69, 9.17) is 0 Å². The number of ketones is 1. The van der Waals surface area contributed by atoms with Crippen molar-refractivity contribution in [3.8, 4) is 0 Å². The van der Waals surface area contributed by atoms with Crippen LogP contribution in [-0.4, -0.2) is 29.8 Å². The molecule has 1 aliphatic heterocycles. The Kier molecular flexibility index (Phi) is 4.90. The molecule has 2 unspecified atom stereocenters. The van der Waals surface area contributed by atoms with Crippen LogP contribution < -0.4 is 0 Å². The number of rotatable bonds is 4. The molecular formula is C17H25NOS. The number of carbonyl (C=O) groups excluding carboxylic acids is 1. The number of nitrogens with zero attached hydrogens (tertiary/aromatic N) is 1. The van der Waals surface area contributed by atoms with Gasteiger partial charge in [-0.15, -0.1) is 0 Å². The Bertz CT molecular complexity index is 428. The molecule has 0 spiro atoms. The summed E-state index contributed by atoms with van der Waals surface area (Å²) in [6.45, 7) is 2.32. The predicted octanol–water partition coefficient (Wildman–Crippen LogP) is 3.90. The minimum atomic E-state index is 0.339. The molecule has 0 aromatic carbocycles. The average molecular weight is 291 g/mol. The van der Waals surface area contributed by atoms with Gasteiger partial charge in [-0.3, -0.25) is 9.69 Å². The number of hydrogen-bond acceptors (Lipinski definition) is 3. The van der Waals surface area contributed by atoms with Gasteiger partial charge in [0.2, 0.25) is 0 Å². The smallest absolute Gasteiger partial charge is 0.137 e. The van der Waals surface area contributed by atoms with Crippen molar-refractivity contribution in [2.24, 2.45) is 5.92 Å². The summed E-state index contributed by atoms with van der Waals surface area (Å²) in [6, 6.07) is 2.77. The van der Waals surface area contributed by atoms with Crippen molar-refractivity contribution in [2.45, 2.75) is 57.4 Å². The molecule has 1 aliphatic carbocycles. The molecule has 2 heterocycles. The van der Waals surface area contributed by atoms with Crippen LogP contribution in [0.1, 0.15) is 50.5 Å². The molecule has 2 atom stereocenters. The van der Waals surface area contributed by atoms with Crippen molar-refractivity contribution >= 4 is 17.1 Å². The molecule has 0 amide bonds. The van der Waals surface area contributed by atoms with Gasteiger partial charge >= 0.3 is 0 Å². The minimum absolute atomic E-state index is 0.339. The lowest BCUT2D eigenvalue weighted by molar-refractivity contribution is -0.127. The number of hydrogen-bond donors (Lipinski definition) is 0. The minimum Gasteiger partial charge on any atom is -0.299 e. The molecule has 2 fully saturated rings. The van der Waals surface area contributed by atoms with Crippen LogP contribution in [0.4, 0.5) is 0 Å². The molecule has 0 bridgehead atoms. The highest BCUT2D eigenvalue weighted by Crippen LogP contribution is 2.31. The fourth-order valence-electron chi connectivity index (χ4n) is 3.87. The molecule has 3 heteroatoms. The summed E-state index contributed by atoms with van der Waals surface area (Å²) in [6.07, 6.45) is 9.34. The van der Waals surface area contributed by atoms with Gasteiger partial charge in [0.25, 0.3) is 0 Å². The van der Waals surface area contributed by atoms with E-state index in [1.807, 2.05) is 0 Å². The van der Waals surface area contributed by atoms with Gasteiger partial charge in [-0.25, -0.2) is 0 Å². The largest absolute Gasteiger partial charge is 0.299 e. The maximum atomic E-state index is 12.2. The maximum absolute atomic E-state index is 12.2. The third-order valence-electron chi connectivity index (χ3n) is 5.00. The third kappa shape index (κ3) is 3.32. The average Bonchev–Trinajstić information content (AvgIpc) is 2.99. The third-order valence-corrected chi connectivity index (χ3v) is 5.73. The molecular weight excluding hydrogens is 266 g/mol. The number of piperidine rings is 1. The monoisotopic (exact) mass is 291 g/mol. The first-order valence-corrected chi connectivity index (χ1v) is 9.07. The van der Waals surface area contributed by atoms with E-state index in [2.05, 4.69) is 21.7 Å².